The van der Waals surface area contributed by atoms with Gasteiger partial charge in [-0.05, 0) is 24.6 Å². The van der Waals surface area contributed by atoms with Gasteiger partial charge < -0.3 is 20.5 Å². The van der Waals surface area contributed by atoms with Crippen molar-refractivity contribution >= 4 is 11.6 Å². The van der Waals surface area contributed by atoms with Gasteiger partial charge in [-0.1, -0.05) is 6.92 Å². The first-order valence-corrected chi connectivity index (χ1v) is 6.09. The standard InChI is InChI=1S/C13H18F2N2O3/c1-8(7-16)5-12(18)17-10-6-9(19-2)3-4-11(10)20-13(14)15/h3-4,6,8,13H,5,7,16H2,1-2H3,(H,17,18). The molecule has 1 atom stereocenters. The molecule has 0 radical (unpaired) electrons. The molecule has 20 heavy (non-hydrogen) atoms. The van der Waals surface area contributed by atoms with E-state index in [1.165, 1.54) is 25.3 Å². The molecule has 0 saturated carbocycles. The minimum atomic E-state index is -2.97. The molecule has 5 nitrogen and oxygen atoms in total. The number of hydrogen-bond donors (Lipinski definition) is 2. The molecule has 0 fully saturated rings. The van der Waals surface area contributed by atoms with Crippen LogP contribution in [0.25, 0.3) is 0 Å². The first-order valence-electron chi connectivity index (χ1n) is 6.09. The van der Waals surface area contributed by atoms with Crippen LogP contribution in [0.4, 0.5) is 14.5 Å². The average molecular weight is 288 g/mol. The van der Waals surface area contributed by atoms with Crippen molar-refractivity contribution in [1.82, 2.24) is 0 Å². The van der Waals surface area contributed by atoms with Gasteiger partial charge in [0, 0.05) is 12.5 Å². The molecule has 1 amide bonds. The van der Waals surface area contributed by atoms with E-state index in [1.54, 1.807) is 0 Å². The van der Waals surface area contributed by atoms with E-state index in [-0.39, 0.29) is 29.7 Å². The molecule has 0 spiro atoms. The minimum absolute atomic E-state index is 0.0000694. The number of carbonyl (C=O) groups excluding carboxylic acids is 1. The topological polar surface area (TPSA) is 73.6 Å². The van der Waals surface area contributed by atoms with E-state index in [9.17, 15) is 13.6 Å². The molecule has 0 aromatic heterocycles. The highest BCUT2D eigenvalue weighted by molar-refractivity contribution is 5.92. The second kappa shape index (κ2) is 7.64. The molecule has 1 rings (SSSR count). The fraction of sp³-hybridized carbons (Fsp3) is 0.462. The lowest BCUT2D eigenvalue weighted by Gasteiger charge is -2.14. The number of alkyl halides is 2. The molecule has 0 saturated heterocycles. The number of nitrogens with one attached hydrogen (secondary N) is 1. The Hall–Kier alpha value is -1.89. The smallest absolute Gasteiger partial charge is 0.387 e. The summed E-state index contributed by atoms with van der Waals surface area (Å²) in [5.74, 6) is -0.0151. The summed E-state index contributed by atoms with van der Waals surface area (Å²) < 4.78 is 33.9. The Balaban J connectivity index is 2.86. The average Bonchev–Trinajstić information content (AvgIpc) is 2.39. The van der Waals surface area contributed by atoms with Gasteiger partial charge in [0.15, 0.2) is 0 Å². The third-order valence-electron chi connectivity index (χ3n) is 2.61. The number of anilines is 1. The zero-order valence-electron chi connectivity index (χ0n) is 11.4. The number of amides is 1. The molecular formula is C13H18F2N2O3. The predicted molar refractivity (Wildman–Crippen MR) is 71.1 cm³/mol. The van der Waals surface area contributed by atoms with Gasteiger partial charge in [0.05, 0.1) is 12.8 Å². The van der Waals surface area contributed by atoms with Crippen LogP contribution in [-0.4, -0.2) is 26.2 Å². The molecule has 0 aliphatic heterocycles. The Bertz CT molecular complexity index is 455. The predicted octanol–water partition coefficient (Wildman–Crippen LogP) is 2.22. The van der Waals surface area contributed by atoms with Gasteiger partial charge in [-0.3, -0.25) is 4.79 Å². The Morgan fingerprint density at radius 2 is 2.15 bits per heavy atom. The highest BCUT2D eigenvalue weighted by Gasteiger charge is 2.14. The Morgan fingerprint density at radius 3 is 2.70 bits per heavy atom. The van der Waals surface area contributed by atoms with Crippen LogP contribution < -0.4 is 20.5 Å². The lowest BCUT2D eigenvalue weighted by atomic mass is 10.1. The van der Waals surface area contributed by atoms with Gasteiger partial charge in [0.25, 0.3) is 0 Å². The number of carbonyl (C=O) groups is 1. The third kappa shape index (κ3) is 5.00. The van der Waals surface area contributed by atoms with Crippen molar-refractivity contribution < 1.29 is 23.0 Å². The molecular weight excluding hydrogens is 270 g/mol. The van der Waals surface area contributed by atoms with Gasteiger partial charge in [-0.15, -0.1) is 0 Å². The third-order valence-corrected chi connectivity index (χ3v) is 2.61. The van der Waals surface area contributed by atoms with E-state index in [4.69, 9.17) is 10.5 Å². The molecule has 1 aromatic rings. The van der Waals surface area contributed by atoms with Crippen LogP contribution >= 0.6 is 0 Å². The Morgan fingerprint density at radius 1 is 1.45 bits per heavy atom. The van der Waals surface area contributed by atoms with Crippen molar-refractivity contribution in [2.45, 2.75) is 20.0 Å². The lowest BCUT2D eigenvalue weighted by Crippen LogP contribution is -2.20. The highest BCUT2D eigenvalue weighted by atomic mass is 19.3. The minimum Gasteiger partial charge on any atom is -0.497 e. The zero-order chi connectivity index (χ0) is 15.1. The molecule has 0 bridgehead atoms. The van der Waals surface area contributed by atoms with Crippen LogP contribution in [-0.2, 0) is 4.79 Å². The molecule has 1 aromatic carbocycles. The SMILES string of the molecule is COc1ccc(OC(F)F)c(NC(=O)CC(C)CN)c1. The van der Waals surface area contributed by atoms with Crippen molar-refractivity contribution in [3.05, 3.63) is 18.2 Å². The number of halogens is 2. The number of benzene rings is 1. The monoisotopic (exact) mass is 288 g/mol. The van der Waals surface area contributed by atoms with Crippen LogP contribution in [0.1, 0.15) is 13.3 Å². The number of ether oxygens (including phenoxy) is 2. The van der Waals surface area contributed by atoms with Crippen molar-refractivity contribution in [2.75, 3.05) is 19.0 Å². The fourth-order valence-electron chi connectivity index (χ4n) is 1.53. The molecule has 7 heteroatoms. The van der Waals surface area contributed by atoms with Crippen molar-refractivity contribution in [1.29, 1.82) is 0 Å². The van der Waals surface area contributed by atoms with Gasteiger partial charge in [0.2, 0.25) is 5.91 Å². The molecule has 0 heterocycles. The lowest BCUT2D eigenvalue weighted by molar-refractivity contribution is -0.117. The highest BCUT2D eigenvalue weighted by Crippen LogP contribution is 2.30. The van der Waals surface area contributed by atoms with E-state index in [0.717, 1.165) is 0 Å². The number of rotatable bonds is 7. The summed E-state index contributed by atoms with van der Waals surface area (Å²) in [4.78, 5) is 11.8. The Labute approximate surface area is 116 Å². The van der Waals surface area contributed by atoms with Crippen molar-refractivity contribution in [2.24, 2.45) is 11.7 Å². The van der Waals surface area contributed by atoms with Gasteiger partial charge in [0.1, 0.15) is 11.5 Å². The van der Waals surface area contributed by atoms with Crippen LogP contribution in [0.2, 0.25) is 0 Å². The maximum absolute atomic E-state index is 12.3. The van der Waals surface area contributed by atoms with Gasteiger partial charge >= 0.3 is 6.61 Å². The largest absolute Gasteiger partial charge is 0.497 e. The number of hydrogen-bond acceptors (Lipinski definition) is 4. The van der Waals surface area contributed by atoms with Gasteiger partial charge in [-0.25, -0.2) is 0 Å². The summed E-state index contributed by atoms with van der Waals surface area (Å²) in [6.07, 6.45) is 0.196. The summed E-state index contributed by atoms with van der Waals surface area (Å²) in [6.45, 7) is -0.782. The van der Waals surface area contributed by atoms with E-state index in [1.807, 2.05) is 6.92 Å². The summed E-state index contributed by atoms with van der Waals surface area (Å²) in [6, 6.07) is 4.20. The van der Waals surface area contributed by atoms with Crippen molar-refractivity contribution in [3.8, 4) is 11.5 Å². The van der Waals surface area contributed by atoms with Crippen molar-refractivity contribution in [3.63, 3.8) is 0 Å². The summed E-state index contributed by atoms with van der Waals surface area (Å²) in [5.41, 5.74) is 5.57. The first-order chi connectivity index (χ1) is 9.46. The number of methoxy groups -OCH3 is 1. The molecule has 112 valence electrons. The van der Waals surface area contributed by atoms with Gasteiger partial charge in [-0.2, -0.15) is 8.78 Å². The normalized spacial score (nSPS) is 12.1. The molecule has 1 unspecified atom stereocenters. The van der Waals surface area contributed by atoms with E-state index >= 15 is 0 Å². The maximum atomic E-state index is 12.3. The summed E-state index contributed by atoms with van der Waals surface area (Å²) in [5, 5.41) is 2.52. The van der Waals surface area contributed by atoms with E-state index < -0.39 is 6.61 Å². The Kier molecular flexibility index (Phi) is 6.17. The van der Waals surface area contributed by atoms with Crippen LogP contribution in [0, 0.1) is 5.92 Å². The second-order valence-corrected chi connectivity index (χ2v) is 4.33. The summed E-state index contributed by atoms with van der Waals surface area (Å²) >= 11 is 0. The molecule has 0 aliphatic rings. The zero-order valence-corrected chi connectivity index (χ0v) is 11.4. The van der Waals surface area contributed by atoms with Crippen LogP contribution in [0.5, 0.6) is 11.5 Å². The number of nitrogens with two attached hydrogens (primary N) is 1. The van der Waals surface area contributed by atoms with E-state index in [0.29, 0.717) is 12.3 Å². The molecule has 0 aliphatic carbocycles. The fourth-order valence-corrected chi connectivity index (χ4v) is 1.53. The summed E-state index contributed by atoms with van der Waals surface area (Å²) in [7, 11) is 1.44. The van der Waals surface area contributed by atoms with Crippen LogP contribution in [0.3, 0.4) is 0 Å². The second-order valence-electron chi connectivity index (χ2n) is 4.33. The first kappa shape index (κ1) is 16.2. The maximum Gasteiger partial charge on any atom is 0.387 e. The quantitative estimate of drug-likeness (QED) is 0.807. The van der Waals surface area contributed by atoms with Crippen LogP contribution in [0.15, 0.2) is 18.2 Å². The van der Waals surface area contributed by atoms with E-state index in [2.05, 4.69) is 10.1 Å². The molecule has 3 N–H and O–H groups in total.